The molecule has 1 aromatic heterocycles. The third kappa shape index (κ3) is 2.45. The molecule has 0 atom stereocenters. The topological polar surface area (TPSA) is 55.0 Å². The fraction of sp³-hybridized carbons (Fsp3) is 0.176. The van der Waals surface area contributed by atoms with Crippen molar-refractivity contribution < 1.29 is 0 Å². The number of rotatable bonds is 3. The smallest absolute Gasteiger partial charge is 0.163 e. The Bertz CT molecular complexity index is 765. The Hall–Kier alpha value is -2.46. The molecule has 1 heterocycles. The first-order valence-corrected chi connectivity index (χ1v) is 6.95. The molecule has 3 aromatic rings. The number of aromatic nitrogens is 2. The van der Waals surface area contributed by atoms with Crippen LogP contribution in [0.1, 0.15) is 11.3 Å². The second-order valence-corrected chi connectivity index (χ2v) is 5.08. The second kappa shape index (κ2) is 5.50. The van der Waals surface area contributed by atoms with Crippen molar-refractivity contribution in [1.29, 1.82) is 0 Å². The van der Waals surface area contributed by atoms with Gasteiger partial charge < -0.3 is 10.6 Å². The molecule has 4 nitrogen and oxygen atoms in total. The van der Waals surface area contributed by atoms with Crippen LogP contribution in [0.3, 0.4) is 0 Å². The summed E-state index contributed by atoms with van der Waals surface area (Å²) in [6.07, 6.45) is 0. The van der Waals surface area contributed by atoms with Gasteiger partial charge in [0.25, 0.3) is 0 Å². The summed E-state index contributed by atoms with van der Waals surface area (Å²) in [5.41, 5.74) is 8.77. The maximum Gasteiger partial charge on any atom is 0.163 e. The van der Waals surface area contributed by atoms with E-state index >= 15 is 0 Å². The van der Waals surface area contributed by atoms with Crippen LogP contribution in [-0.2, 0) is 6.54 Å². The molecule has 0 amide bonds. The van der Waals surface area contributed by atoms with E-state index in [1.807, 2.05) is 38.2 Å². The summed E-state index contributed by atoms with van der Waals surface area (Å²) >= 11 is 0. The Labute approximate surface area is 124 Å². The summed E-state index contributed by atoms with van der Waals surface area (Å²) in [6.45, 7) is 2.53. The highest BCUT2D eigenvalue weighted by atomic mass is 15.2. The van der Waals surface area contributed by atoms with Crippen LogP contribution in [0.4, 0.5) is 11.5 Å². The van der Waals surface area contributed by atoms with Crippen molar-refractivity contribution in [2.45, 2.75) is 13.5 Å². The molecule has 2 N–H and O–H groups in total. The molecule has 0 aliphatic carbocycles. The average Bonchev–Trinajstić information content (AvgIpc) is 2.55. The monoisotopic (exact) mass is 278 g/mol. The quantitative estimate of drug-likeness (QED) is 0.799. The Morgan fingerprint density at radius 3 is 2.29 bits per heavy atom. The average molecular weight is 278 g/mol. The van der Waals surface area contributed by atoms with Crippen LogP contribution in [0.15, 0.2) is 48.5 Å². The van der Waals surface area contributed by atoms with E-state index in [0.29, 0.717) is 6.54 Å². The van der Waals surface area contributed by atoms with Gasteiger partial charge in [-0.3, -0.25) is 0 Å². The van der Waals surface area contributed by atoms with Gasteiger partial charge in [0.15, 0.2) is 5.82 Å². The highest BCUT2D eigenvalue weighted by molar-refractivity contribution is 5.94. The molecule has 0 spiro atoms. The molecule has 106 valence electrons. The second-order valence-electron chi connectivity index (χ2n) is 5.08. The first kappa shape index (κ1) is 13.5. The zero-order valence-electron chi connectivity index (χ0n) is 12.2. The van der Waals surface area contributed by atoms with Crippen molar-refractivity contribution >= 4 is 22.3 Å². The van der Waals surface area contributed by atoms with E-state index in [1.165, 1.54) is 0 Å². The van der Waals surface area contributed by atoms with E-state index < -0.39 is 0 Å². The lowest BCUT2D eigenvalue weighted by Crippen LogP contribution is -2.13. The third-order valence-electron chi connectivity index (χ3n) is 3.73. The van der Waals surface area contributed by atoms with Crippen LogP contribution in [0, 0.1) is 6.92 Å². The molecule has 0 aliphatic rings. The first-order valence-electron chi connectivity index (χ1n) is 6.95. The molecule has 0 saturated heterocycles. The maximum absolute atomic E-state index is 5.64. The van der Waals surface area contributed by atoms with Crippen molar-refractivity contribution in [3.63, 3.8) is 0 Å². The molecule has 0 bridgehead atoms. The zero-order chi connectivity index (χ0) is 14.8. The summed E-state index contributed by atoms with van der Waals surface area (Å²) in [5.74, 6) is 0.858. The molecule has 0 saturated carbocycles. The molecule has 2 aromatic carbocycles. The highest BCUT2D eigenvalue weighted by Crippen LogP contribution is 2.29. The van der Waals surface area contributed by atoms with E-state index in [9.17, 15) is 0 Å². The fourth-order valence-corrected chi connectivity index (χ4v) is 2.45. The SMILES string of the molecule is Cc1nnc(N(C)c2ccc(CN)cc2)c2ccccc12. The molecular weight excluding hydrogens is 260 g/mol. The van der Waals surface area contributed by atoms with Gasteiger partial charge in [-0.25, -0.2) is 0 Å². The first-order chi connectivity index (χ1) is 10.2. The minimum Gasteiger partial charge on any atom is -0.327 e. The van der Waals surface area contributed by atoms with Gasteiger partial charge in [-0.1, -0.05) is 36.4 Å². The number of hydrogen-bond acceptors (Lipinski definition) is 4. The number of hydrogen-bond donors (Lipinski definition) is 1. The lowest BCUT2D eigenvalue weighted by atomic mass is 10.1. The van der Waals surface area contributed by atoms with Crippen LogP contribution in [0.2, 0.25) is 0 Å². The molecule has 3 rings (SSSR count). The van der Waals surface area contributed by atoms with Gasteiger partial charge in [0.2, 0.25) is 0 Å². The van der Waals surface area contributed by atoms with Crippen molar-refractivity contribution in [1.82, 2.24) is 10.2 Å². The van der Waals surface area contributed by atoms with E-state index in [-0.39, 0.29) is 0 Å². The maximum atomic E-state index is 5.64. The Morgan fingerprint density at radius 2 is 1.62 bits per heavy atom. The number of nitrogens with zero attached hydrogens (tertiary/aromatic N) is 3. The largest absolute Gasteiger partial charge is 0.327 e. The van der Waals surface area contributed by atoms with Gasteiger partial charge in [-0.15, -0.1) is 5.10 Å². The lowest BCUT2D eigenvalue weighted by molar-refractivity contribution is 0.971. The van der Waals surface area contributed by atoms with Gasteiger partial charge in [0.1, 0.15) is 0 Å². The standard InChI is InChI=1S/C17H18N4/c1-12-15-5-3-4-6-16(15)17(20-19-12)21(2)14-9-7-13(11-18)8-10-14/h3-10H,11,18H2,1-2H3. The van der Waals surface area contributed by atoms with Crippen LogP contribution in [-0.4, -0.2) is 17.2 Å². The molecule has 0 fully saturated rings. The minimum atomic E-state index is 0.553. The molecule has 0 aliphatic heterocycles. The van der Waals surface area contributed by atoms with E-state index in [4.69, 9.17) is 5.73 Å². The highest BCUT2D eigenvalue weighted by Gasteiger charge is 2.11. The molecule has 0 unspecified atom stereocenters. The predicted molar refractivity (Wildman–Crippen MR) is 86.7 cm³/mol. The van der Waals surface area contributed by atoms with E-state index in [2.05, 4.69) is 39.4 Å². The van der Waals surface area contributed by atoms with Crippen molar-refractivity contribution in [2.75, 3.05) is 11.9 Å². The van der Waals surface area contributed by atoms with E-state index in [0.717, 1.165) is 33.5 Å². The summed E-state index contributed by atoms with van der Waals surface area (Å²) < 4.78 is 0. The van der Waals surface area contributed by atoms with Crippen molar-refractivity contribution in [3.8, 4) is 0 Å². The number of aryl methyl sites for hydroxylation is 1. The molecule has 4 heteroatoms. The number of nitrogens with two attached hydrogens (primary N) is 1. The Balaban J connectivity index is 2.08. The normalized spacial score (nSPS) is 10.8. The Kier molecular flexibility index (Phi) is 3.54. The summed E-state index contributed by atoms with van der Waals surface area (Å²) in [4.78, 5) is 2.05. The fourth-order valence-electron chi connectivity index (χ4n) is 2.45. The van der Waals surface area contributed by atoms with Crippen LogP contribution >= 0.6 is 0 Å². The minimum absolute atomic E-state index is 0.553. The number of fused-ring (bicyclic) bond motifs is 1. The predicted octanol–water partition coefficient (Wildman–Crippen LogP) is 3.16. The van der Waals surface area contributed by atoms with Crippen molar-refractivity contribution in [2.24, 2.45) is 5.73 Å². The molecule has 0 radical (unpaired) electrons. The lowest BCUT2D eigenvalue weighted by Gasteiger charge is -2.20. The number of anilines is 2. The van der Waals surface area contributed by atoms with Crippen LogP contribution in [0.25, 0.3) is 10.8 Å². The van der Waals surface area contributed by atoms with Gasteiger partial charge in [-0.2, -0.15) is 5.10 Å². The van der Waals surface area contributed by atoms with Crippen molar-refractivity contribution in [3.05, 3.63) is 59.8 Å². The van der Waals surface area contributed by atoms with Crippen LogP contribution < -0.4 is 10.6 Å². The van der Waals surface area contributed by atoms with Gasteiger partial charge in [-0.05, 0) is 24.6 Å². The summed E-state index contributed by atoms with van der Waals surface area (Å²) in [5, 5.41) is 10.9. The number of benzene rings is 2. The van der Waals surface area contributed by atoms with Gasteiger partial charge in [0, 0.05) is 30.1 Å². The van der Waals surface area contributed by atoms with Gasteiger partial charge >= 0.3 is 0 Å². The van der Waals surface area contributed by atoms with Gasteiger partial charge in [0.05, 0.1) is 5.69 Å². The summed E-state index contributed by atoms with van der Waals surface area (Å²) in [6, 6.07) is 16.4. The zero-order valence-corrected chi connectivity index (χ0v) is 12.2. The molecule has 21 heavy (non-hydrogen) atoms. The van der Waals surface area contributed by atoms with E-state index in [1.54, 1.807) is 0 Å². The summed E-state index contributed by atoms with van der Waals surface area (Å²) in [7, 11) is 2.00. The Morgan fingerprint density at radius 1 is 0.952 bits per heavy atom. The molecular formula is C17H18N4. The van der Waals surface area contributed by atoms with Crippen LogP contribution in [0.5, 0.6) is 0 Å². The third-order valence-corrected chi connectivity index (χ3v) is 3.73.